The Labute approximate surface area is 137 Å². The van der Waals surface area contributed by atoms with Crippen LogP contribution in [-0.2, 0) is 11.2 Å². The van der Waals surface area contributed by atoms with Gasteiger partial charge in [-0.3, -0.25) is 9.59 Å². The topological polar surface area (TPSA) is 34.1 Å². The van der Waals surface area contributed by atoms with Gasteiger partial charge < -0.3 is 0 Å². The van der Waals surface area contributed by atoms with E-state index >= 15 is 0 Å². The Bertz CT molecular complexity index is 734. The lowest BCUT2D eigenvalue weighted by atomic mass is 9.99. The Kier molecular flexibility index (Phi) is 5.68. The molecule has 1 atom stereocenters. The number of halogens is 3. The summed E-state index contributed by atoms with van der Waals surface area (Å²) in [6.07, 6.45) is -4.00. The summed E-state index contributed by atoms with van der Waals surface area (Å²) in [6.45, 7) is 3.67. The summed E-state index contributed by atoms with van der Waals surface area (Å²) in [5.74, 6) is -3.26. The maximum absolute atomic E-state index is 13.5. The van der Waals surface area contributed by atoms with Crippen LogP contribution in [0.4, 0.5) is 13.2 Å². The first-order valence-electron chi connectivity index (χ1n) is 7.23. The monoisotopic (exact) mass is 332 g/mol. The van der Waals surface area contributed by atoms with E-state index in [0.717, 1.165) is 16.7 Å². The standard InChI is InChI=1S/C19H15F3O2/c1-2-12-3-5-13(6-4-12)11-14-7-9-15(10-8-14)17(23)16(20)18(24)19(21)22/h2-10,16,19H,1,11H2. The number of Topliss-reactive ketones (excluding diaryl/α,β-unsaturated/α-hetero) is 2. The molecule has 0 spiro atoms. The van der Waals surface area contributed by atoms with E-state index in [0.29, 0.717) is 6.42 Å². The zero-order valence-corrected chi connectivity index (χ0v) is 12.7. The number of ketones is 2. The predicted molar refractivity (Wildman–Crippen MR) is 86.0 cm³/mol. The van der Waals surface area contributed by atoms with Crippen molar-refractivity contribution < 1.29 is 22.8 Å². The van der Waals surface area contributed by atoms with Crippen LogP contribution in [0.3, 0.4) is 0 Å². The van der Waals surface area contributed by atoms with Gasteiger partial charge in [0.25, 0.3) is 6.43 Å². The van der Waals surface area contributed by atoms with Gasteiger partial charge >= 0.3 is 0 Å². The number of carbonyl (C=O) groups excluding carboxylic acids is 2. The molecule has 0 aliphatic rings. The predicted octanol–water partition coefficient (Wildman–Crippen LogP) is 4.28. The molecule has 2 nitrogen and oxygen atoms in total. The Morgan fingerprint density at radius 3 is 1.88 bits per heavy atom. The highest BCUT2D eigenvalue weighted by Crippen LogP contribution is 2.15. The molecule has 0 saturated heterocycles. The number of hydrogen-bond donors (Lipinski definition) is 0. The van der Waals surface area contributed by atoms with E-state index in [9.17, 15) is 22.8 Å². The van der Waals surface area contributed by atoms with Crippen LogP contribution in [0.5, 0.6) is 0 Å². The molecule has 0 aliphatic heterocycles. The molecule has 0 heterocycles. The number of rotatable bonds is 7. The van der Waals surface area contributed by atoms with Crippen molar-refractivity contribution in [2.45, 2.75) is 19.0 Å². The Morgan fingerprint density at radius 2 is 1.42 bits per heavy atom. The van der Waals surface area contributed by atoms with Crippen LogP contribution in [0.15, 0.2) is 55.1 Å². The first kappa shape index (κ1) is 17.7. The van der Waals surface area contributed by atoms with Gasteiger partial charge in [-0.1, -0.05) is 61.2 Å². The zero-order chi connectivity index (χ0) is 17.7. The average molecular weight is 332 g/mol. The molecular weight excluding hydrogens is 317 g/mol. The normalized spacial score (nSPS) is 12.0. The van der Waals surface area contributed by atoms with Gasteiger partial charge in [-0.2, -0.15) is 0 Å². The molecule has 0 aromatic heterocycles. The lowest BCUT2D eigenvalue weighted by molar-refractivity contribution is -0.132. The van der Waals surface area contributed by atoms with E-state index in [2.05, 4.69) is 6.58 Å². The minimum Gasteiger partial charge on any atom is -0.290 e. The molecule has 0 bridgehead atoms. The van der Waals surface area contributed by atoms with Gasteiger partial charge in [0.1, 0.15) is 0 Å². The molecule has 0 N–H and O–H groups in total. The quantitative estimate of drug-likeness (QED) is 0.560. The third-order valence-electron chi connectivity index (χ3n) is 3.56. The number of hydrogen-bond acceptors (Lipinski definition) is 2. The molecule has 24 heavy (non-hydrogen) atoms. The summed E-state index contributed by atoms with van der Waals surface area (Å²) in [4.78, 5) is 22.6. The van der Waals surface area contributed by atoms with Crippen LogP contribution in [0.2, 0.25) is 0 Å². The van der Waals surface area contributed by atoms with E-state index in [-0.39, 0.29) is 5.56 Å². The van der Waals surface area contributed by atoms with E-state index < -0.39 is 24.2 Å². The van der Waals surface area contributed by atoms with E-state index in [4.69, 9.17) is 0 Å². The van der Waals surface area contributed by atoms with Crippen LogP contribution >= 0.6 is 0 Å². The van der Waals surface area contributed by atoms with Gasteiger partial charge in [-0.05, 0) is 23.1 Å². The number of carbonyl (C=O) groups is 2. The molecule has 2 aromatic carbocycles. The molecule has 0 amide bonds. The summed E-state index contributed by atoms with van der Waals surface area (Å²) in [6, 6.07) is 13.6. The van der Waals surface area contributed by atoms with Gasteiger partial charge in [0.05, 0.1) is 0 Å². The van der Waals surface area contributed by atoms with Gasteiger partial charge in [-0.25, -0.2) is 13.2 Å². The molecule has 2 aromatic rings. The molecule has 1 unspecified atom stereocenters. The van der Waals surface area contributed by atoms with Crippen molar-refractivity contribution >= 4 is 17.6 Å². The first-order valence-corrected chi connectivity index (χ1v) is 7.23. The van der Waals surface area contributed by atoms with E-state index in [1.807, 2.05) is 24.3 Å². The summed E-state index contributed by atoms with van der Waals surface area (Å²) >= 11 is 0. The molecule has 2 rings (SSSR count). The lowest BCUT2D eigenvalue weighted by Gasteiger charge is -2.07. The molecular formula is C19H15F3O2. The fourth-order valence-corrected chi connectivity index (χ4v) is 2.18. The fraction of sp³-hybridized carbons (Fsp3) is 0.158. The Hall–Kier alpha value is -2.69. The fourth-order valence-electron chi connectivity index (χ4n) is 2.18. The molecule has 5 heteroatoms. The summed E-state index contributed by atoms with van der Waals surface area (Å²) < 4.78 is 37.8. The van der Waals surface area contributed by atoms with Crippen molar-refractivity contribution in [1.29, 1.82) is 0 Å². The molecule has 0 saturated carbocycles. The van der Waals surface area contributed by atoms with Crippen LogP contribution in [0, 0.1) is 0 Å². The highest BCUT2D eigenvalue weighted by Gasteiger charge is 2.33. The van der Waals surface area contributed by atoms with Crippen LogP contribution in [0.25, 0.3) is 6.08 Å². The molecule has 0 fully saturated rings. The van der Waals surface area contributed by atoms with Gasteiger partial charge in [-0.15, -0.1) is 0 Å². The first-order chi connectivity index (χ1) is 11.4. The van der Waals surface area contributed by atoms with Crippen molar-refractivity contribution in [3.05, 3.63) is 77.4 Å². The zero-order valence-electron chi connectivity index (χ0n) is 12.7. The Balaban J connectivity index is 2.08. The lowest BCUT2D eigenvalue weighted by Crippen LogP contribution is -2.30. The highest BCUT2D eigenvalue weighted by atomic mass is 19.3. The maximum Gasteiger partial charge on any atom is 0.299 e. The highest BCUT2D eigenvalue weighted by molar-refractivity contribution is 6.13. The summed E-state index contributed by atoms with van der Waals surface area (Å²) in [5.41, 5.74) is 2.80. The number of alkyl halides is 3. The second kappa shape index (κ2) is 7.73. The molecule has 0 radical (unpaired) electrons. The smallest absolute Gasteiger partial charge is 0.290 e. The summed E-state index contributed by atoms with van der Waals surface area (Å²) in [5, 5.41) is 0. The van der Waals surface area contributed by atoms with Crippen LogP contribution < -0.4 is 0 Å². The van der Waals surface area contributed by atoms with E-state index in [1.54, 1.807) is 18.2 Å². The average Bonchev–Trinajstić information content (AvgIpc) is 2.61. The minimum absolute atomic E-state index is 0.109. The number of benzene rings is 2. The minimum atomic E-state index is -3.50. The van der Waals surface area contributed by atoms with Gasteiger partial charge in [0.2, 0.25) is 17.7 Å². The summed E-state index contributed by atoms with van der Waals surface area (Å²) in [7, 11) is 0. The van der Waals surface area contributed by atoms with E-state index in [1.165, 1.54) is 12.1 Å². The van der Waals surface area contributed by atoms with Gasteiger partial charge in [0, 0.05) is 5.56 Å². The van der Waals surface area contributed by atoms with Crippen molar-refractivity contribution in [1.82, 2.24) is 0 Å². The largest absolute Gasteiger partial charge is 0.299 e. The van der Waals surface area contributed by atoms with Gasteiger partial charge in [0.15, 0.2) is 0 Å². The molecule has 0 aliphatic carbocycles. The van der Waals surface area contributed by atoms with Crippen LogP contribution in [-0.4, -0.2) is 24.2 Å². The van der Waals surface area contributed by atoms with Crippen molar-refractivity contribution in [2.24, 2.45) is 0 Å². The van der Waals surface area contributed by atoms with Crippen molar-refractivity contribution in [3.8, 4) is 0 Å². The van der Waals surface area contributed by atoms with Crippen molar-refractivity contribution in [3.63, 3.8) is 0 Å². The van der Waals surface area contributed by atoms with Crippen molar-refractivity contribution in [2.75, 3.05) is 0 Å². The Morgan fingerprint density at radius 1 is 0.917 bits per heavy atom. The SMILES string of the molecule is C=Cc1ccc(Cc2ccc(C(=O)C(F)C(=O)C(F)F)cc2)cc1. The third-order valence-corrected chi connectivity index (χ3v) is 3.56. The second-order valence-corrected chi connectivity index (χ2v) is 5.25. The second-order valence-electron chi connectivity index (χ2n) is 5.25. The molecule has 124 valence electrons. The third kappa shape index (κ3) is 4.19. The maximum atomic E-state index is 13.5. The van der Waals surface area contributed by atoms with Crippen LogP contribution in [0.1, 0.15) is 27.0 Å².